The van der Waals surface area contributed by atoms with Gasteiger partial charge in [-0.05, 0) is 37.6 Å². The average molecular weight is 300 g/mol. The van der Waals surface area contributed by atoms with Crippen LogP contribution in [0.2, 0.25) is 0 Å². The molecule has 1 aliphatic rings. The van der Waals surface area contributed by atoms with Crippen LogP contribution in [0.4, 0.5) is 10.2 Å². The molecule has 0 amide bonds. The zero-order chi connectivity index (χ0) is 15.5. The minimum absolute atomic E-state index is 0.243. The van der Waals surface area contributed by atoms with Gasteiger partial charge in [0.05, 0.1) is 0 Å². The van der Waals surface area contributed by atoms with Crippen molar-refractivity contribution in [2.24, 2.45) is 0 Å². The predicted molar refractivity (Wildman–Crippen MR) is 86.6 cm³/mol. The van der Waals surface area contributed by atoms with E-state index in [1.54, 1.807) is 12.1 Å². The van der Waals surface area contributed by atoms with Gasteiger partial charge in [0.2, 0.25) is 0 Å². The Hall–Kier alpha value is -2.01. The van der Waals surface area contributed by atoms with E-state index in [0.717, 1.165) is 49.7 Å². The second kappa shape index (κ2) is 6.40. The molecule has 116 valence electrons. The van der Waals surface area contributed by atoms with Crippen molar-refractivity contribution in [1.29, 1.82) is 0 Å². The lowest BCUT2D eigenvalue weighted by molar-refractivity contribution is 0.582. The van der Waals surface area contributed by atoms with Gasteiger partial charge in [-0.2, -0.15) is 0 Å². The molecule has 0 atom stereocenters. The second-order valence-corrected chi connectivity index (χ2v) is 5.53. The van der Waals surface area contributed by atoms with E-state index in [2.05, 4.69) is 22.1 Å². The molecule has 5 heteroatoms. The highest BCUT2D eigenvalue weighted by Gasteiger charge is 2.19. The largest absolute Gasteiger partial charge is 0.354 e. The first-order valence-electron chi connectivity index (χ1n) is 7.78. The van der Waals surface area contributed by atoms with Crippen molar-refractivity contribution in [2.75, 3.05) is 31.1 Å². The first-order valence-corrected chi connectivity index (χ1v) is 7.78. The van der Waals surface area contributed by atoms with E-state index in [9.17, 15) is 4.39 Å². The maximum absolute atomic E-state index is 13.1. The SMILES string of the molecule is CCc1c(C)nc(-c2ccc(F)cc2)nc1N1CCNCC1. The smallest absolute Gasteiger partial charge is 0.161 e. The monoisotopic (exact) mass is 300 g/mol. The zero-order valence-electron chi connectivity index (χ0n) is 13.1. The Kier molecular flexibility index (Phi) is 4.34. The molecule has 3 rings (SSSR count). The van der Waals surface area contributed by atoms with Crippen LogP contribution in [-0.2, 0) is 6.42 Å². The molecule has 2 aromatic rings. The maximum Gasteiger partial charge on any atom is 0.161 e. The van der Waals surface area contributed by atoms with E-state index < -0.39 is 0 Å². The summed E-state index contributed by atoms with van der Waals surface area (Å²) in [6.07, 6.45) is 0.912. The van der Waals surface area contributed by atoms with Crippen LogP contribution in [0.15, 0.2) is 24.3 Å². The van der Waals surface area contributed by atoms with Crippen LogP contribution in [0.5, 0.6) is 0 Å². The summed E-state index contributed by atoms with van der Waals surface area (Å²) in [5.74, 6) is 1.45. The van der Waals surface area contributed by atoms with Gasteiger partial charge in [-0.15, -0.1) is 0 Å². The average Bonchev–Trinajstić information content (AvgIpc) is 2.55. The molecule has 0 bridgehead atoms. The minimum Gasteiger partial charge on any atom is -0.354 e. The summed E-state index contributed by atoms with van der Waals surface area (Å²) < 4.78 is 13.1. The molecule has 0 spiro atoms. The number of rotatable bonds is 3. The molecule has 1 fully saturated rings. The molecule has 1 aromatic carbocycles. The number of aryl methyl sites for hydroxylation is 1. The van der Waals surface area contributed by atoms with Crippen molar-refractivity contribution in [2.45, 2.75) is 20.3 Å². The topological polar surface area (TPSA) is 41.1 Å². The molecule has 4 nitrogen and oxygen atoms in total. The maximum atomic E-state index is 13.1. The number of piperazine rings is 1. The van der Waals surface area contributed by atoms with Crippen LogP contribution in [0.25, 0.3) is 11.4 Å². The fraction of sp³-hybridized carbons (Fsp3) is 0.412. The van der Waals surface area contributed by atoms with E-state index in [1.165, 1.54) is 17.7 Å². The van der Waals surface area contributed by atoms with Gasteiger partial charge in [-0.3, -0.25) is 0 Å². The van der Waals surface area contributed by atoms with Gasteiger partial charge in [0.25, 0.3) is 0 Å². The van der Waals surface area contributed by atoms with E-state index in [0.29, 0.717) is 5.82 Å². The highest BCUT2D eigenvalue weighted by Crippen LogP contribution is 2.26. The van der Waals surface area contributed by atoms with Crippen molar-refractivity contribution in [3.8, 4) is 11.4 Å². The third kappa shape index (κ3) is 2.95. The first kappa shape index (κ1) is 14.9. The number of halogens is 1. The Bertz CT molecular complexity index is 648. The summed E-state index contributed by atoms with van der Waals surface area (Å²) in [6, 6.07) is 6.37. The number of aromatic nitrogens is 2. The first-order chi connectivity index (χ1) is 10.7. The van der Waals surface area contributed by atoms with Crippen LogP contribution >= 0.6 is 0 Å². The summed E-state index contributed by atoms with van der Waals surface area (Å²) in [4.78, 5) is 11.7. The van der Waals surface area contributed by atoms with E-state index in [4.69, 9.17) is 4.98 Å². The normalized spacial score (nSPS) is 15.1. The molecular formula is C17H21FN4. The molecule has 1 N–H and O–H groups in total. The minimum atomic E-state index is -0.243. The Morgan fingerprint density at radius 2 is 1.82 bits per heavy atom. The van der Waals surface area contributed by atoms with Gasteiger partial charge >= 0.3 is 0 Å². The molecular weight excluding hydrogens is 279 g/mol. The number of anilines is 1. The Morgan fingerprint density at radius 3 is 2.45 bits per heavy atom. The fourth-order valence-corrected chi connectivity index (χ4v) is 2.86. The summed E-state index contributed by atoms with van der Waals surface area (Å²) in [5.41, 5.74) is 3.06. The molecule has 1 aromatic heterocycles. The molecule has 22 heavy (non-hydrogen) atoms. The van der Waals surface area contributed by atoms with Crippen molar-refractivity contribution >= 4 is 5.82 Å². The number of nitrogens with one attached hydrogen (secondary N) is 1. The molecule has 1 saturated heterocycles. The Labute approximate surface area is 130 Å². The number of nitrogens with zero attached hydrogens (tertiary/aromatic N) is 3. The van der Waals surface area contributed by atoms with Gasteiger partial charge in [0.15, 0.2) is 5.82 Å². The van der Waals surface area contributed by atoms with Gasteiger partial charge in [-0.25, -0.2) is 14.4 Å². The summed E-state index contributed by atoms with van der Waals surface area (Å²) >= 11 is 0. The van der Waals surface area contributed by atoms with Crippen LogP contribution in [0.1, 0.15) is 18.2 Å². The van der Waals surface area contributed by atoms with Crippen LogP contribution in [0.3, 0.4) is 0 Å². The number of benzene rings is 1. The molecule has 0 unspecified atom stereocenters. The van der Waals surface area contributed by atoms with E-state index in [-0.39, 0.29) is 5.82 Å². The molecule has 0 aliphatic carbocycles. The summed E-state index contributed by atoms with van der Waals surface area (Å²) in [6.45, 7) is 8.00. The van der Waals surface area contributed by atoms with Crippen LogP contribution in [0, 0.1) is 12.7 Å². The third-order valence-corrected chi connectivity index (χ3v) is 4.06. The lowest BCUT2D eigenvalue weighted by Gasteiger charge is -2.30. The predicted octanol–water partition coefficient (Wildman–Crippen LogP) is 2.56. The van der Waals surface area contributed by atoms with Crippen molar-refractivity contribution < 1.29 is 4.39 Å². The van der Waals surface area contributed by atoms with Gasteiger partial charge in [-0.1, -0.05) is 6.92 Å². The molecule has 2 heterocycles. The number of hydrogen-bond donors (Lipinski definition) is 1. The van der Waals surface area contributed by atoms with Gasteiger partial charge in [0, 0.05) is 43.0 Å². The van der Waals surface area contributed by atoms with Crippen molar-refractivity contribution in [3.05, 3.63) is 41.3 Å². The van der Waals surface area contributed by atoms with Crippen LogP contribution < -0.4 is 10.2 Å². The fourth-order valence-electron chi connectivity index (χ4n) is 2.86. The summed E-state index contributed by atoms with van der Waals surface area (Å²) in [5, 5.41) is 3.36. The standard InChI is InChI=1S/C17H21FN4/c1-3-15-12(2)20-16(13-4-6-14(18)7-5-13)21-17(15)22-10-8-19-9-11-22/h4-7,19H,3,8-11H2,1-2H3. The lowest BCUT2D eigenvalue weighted by Crippen LogP contribution is -2.44. The third-order valence-electron chi connectivity index (χ3n) is 4.06. The van der Waals surface area contributed by atoms with E-state index >= 15 is 0 Å². The van der Waals surface area contributed by atoms with Crippen molar-refractivity contribution in [3.63, 3.8) is 0 Å². The second-order valence-electron chi connectivity index (χ2n) is 5.53. The van der Waals surface area contributed by atoms with E-state index in [1.807, 2.05) is 6.92 Å². The Morgan fingerprint density at radius 1 is 1.14 bits per heavy atom. The quantitative estimate of drug-likeness (QED) is 0.946. The highest BCUT2D eigenvalue weighted by atomic mass is 19.1. The van der Waals surface area contributed by atoms with Gasteiger partial charge in [0.1, 0.15) is 11.6 Å². The zero-order valence-corrected chi connectivity index (χ0v) is 13.1. The van der Waals surface area contributed by atoms with Gasteiger partial charge < -0.3 is 10.2 Å². The molecule has 1 aliphatic heterocycles. The summed E-state index contributed by atoms with van der Waals surface area (Å²) in [7, 11) is 0. The Balaban J connectivity index is 2.05. The number of hydrogen-bond acceptors (Lipinski definition) is 4. The lowest BCUT2D eigenvalue weighted by atomic mass is 10.1. The van der Waals surface area contributed by atoms with Crippen molar-refractivity contribution in [1.82, 2.24) is 15.3 Å². The van der Waals surface area contributed by atoms with Crippen LogP contribution in [-0.4, -0.2) is 36.1 Å². The molecule has 0 saturated carbocycles. The molecule has 0 radical (unpaired) electrons. The highest BCUT2D eigenvalue weighted by molar-refractivity contribution is 5.60.